The number of rotatable bonds is 1. The molecule has 0 bridgehead atoms. The van der Waals surface area contributed by atoms with Crippen LogP contribution in [0.4, 0.5) is 0 Å². The number of hydrogen-bond acceptors (Lipinski definition) is 1. The molecule has 0 spiro atoms. The molecule has 0 N–H and O–H groups in total. The van der Waals surface area contributed by atoms with E-state index in [2.05, 4.69) is 41.2 Å². The third-order valence-corrected chi connectivity index (χ3v) is 2.22. The number of ether oxygens (including phenoxy) is 1. The Morgan fingerprint density at radius 3 is 2.25 bits per heavy atom. The van der Waals surface area contributed by atoms with Crippen LogP contribution in [-0.2, 0) is 4.74 Å². The van der Waals surface area contributed by atoms with Crippen molar-refractivity contribution < 1.29 is 4.74 Å². The molecular formula is C10H9NO. The van der Waals surface area contributed by atoms with E-state index in [-0.39, 0.29) is 0 Å². The lowest BCUT2D eigenvalue weighted by atomic mass is 10.2. The molecule has 0 aliphatic carbocycles. The molecule has 0 radical (unpaired) electrons. The molecule has 1 atom stereocenters. The number of nitrogens with zero attached hydrogens (tertiary/aromatic N) is 1. The van der Waals surface area contributed by atoms with Crippen LogP contribution in [0, 0.1) is 0 Å². The summed E-state index contributed by atoms with van der Waals surface area (Å²) in [7, 11) is 0. The zero-order valence-corrected chi connectivity index (χ0v) is 6.60. The van der Waals surface area contributed by atoms with Crippen molar-refractivity contribution in [1.29, 1.82) is 0 Å². The standard InChI is InChI=1S/C10H9NO/c1-2-4-9-6-11(10-7-12-10)5-8(9)3-1/h1-6,10H,7H2. The molecule has 1 aliphatic heterocycles. The molecule has 2 heterocycles. The molecule has 1 aromatic heterocycles. The molecule has 60 valence electrons. The van der Waals surface area contributed by atoms with Crippen LogP contribution < -0.4 is 0 Å². The number of fused-ring (bicyclic) bond motifs is 1. The SMILES string of the molecule is c1ccc2cn(C3CO3)cc2c1. The van der Waals surface area contributed by atoms with Gasteiger partial charge in [-0.2, -0.15) is 0 Å². The highest BCUT2D eigenvalue weighted by Gasteiger charge is 2.23. The normalized spacial score (nSPS) is 21.5. The summed E-state index contributed by atoms with van der Waals surface area (Å²) in [6.45, 7) is 0.862. The number of epoxide rings is 1. The predicted molar refractivity (Wildman–Crippen MR) is 46.9 cm³/mol. The first-order valence-electron chi connectivity index (χ1n) is 4.11. The summed E-state index contributed by atoms with van der Waals surface area (Å²) < 4.78 is 7.32. The van der Waals surface area contributed by atoms with E-state index in [1.165, 1.54) is 10.8 Å². The molecule has 3 rings (SSSR count). The average molecular weight is 159 g/mol. The van der Waals surface area contributed by atoms with Crippen molar-refractivity contribution in [2.24, 2.45) is 0 Å². The van der Waals surface area contributed by atoms with Crippen LogP contribution in [0.15, 0.2) is 36.7 Å². The molecule has 2 heteroatoms. The monoisotopic (exact) mass is 159 g/mol. The van der Waals surface area contributed by atoms with E-state index < -0.39 is 0 Å². The Morgan fingerprint density at radius 1 is 1.17 bits per heavy atom. The summed E-state index contributed by atoms with van der Waals surface area (Å²) in [6.07, 6.45) is 4.57. The second-order valence-corrected chi connectivity index (χ2v) is 3.12. The Hall–Kier alpha value is -1.28. The van der Waals surface area contributed by atoms with Gasteiger partial charge in [0.1, 0.15) is 0 Å². The molecule has 1 unspecified atom stereocenters. The molecular weight excluding hydrogens is 150 g/mol. The van der Waals surface area contributed by atoms with Gasteiger partial charge >= 0.3 is 0 Å². The first kappa shape index (κ1) is 6.26. The first-order valence-corrected chi connectivity index (χ1v) is 4.11. The van der Waals surface area contributed by atoms with Gasteiger partial charge < -0.3 is 9.30 Å². The third kappa shape index (κ3) is 0.850. The minimum atomic E-state index is 0.303. The molecule has 1 aliphatic rings. The lowest BCUT2D eigenvalue weighted by Gasteiger charge is -1.90. The fourth-order valence-corrected chi connectivity index (χ4v) is 1.49. The third-order valence-electron chi connectivity index (χ3n) is 2.22. The topological polar surface area (TPSA) is 17.5 Å². The highest BCUT2D eigenvalue weighted by Crippen LogP contribution is 2.26. The van der Waals surface area contributed by atoms with Crippen molar-refractivity contribution in [3.05, 3.63) is 36.7 Å². The Kier molecular flexibility index (Phi) is 1.10. The van der Waals surface area contributed by atoms with Gasteiger partial charge in [0.05, 0.1) is 6.61 Å². The van der Waals surface area contributed by atoms with E-state index in [9.17, 15) is 0 Å². The van der Waals surface area contributed by atoms with Crippen LogP contribution in [0.25, 0.3) is 10.8 Å². The summed E-state index contributed by atoms with van der Waals surface area (Å²) >= 11 is 0. The summed E-state index contributed by atoms with van der Waals surface area (Å²) in [4.78, 5) is 0. The molecule has 1 fully saturated rings. The van der Waals surface area contributed by atoms with E-state index in [0.717, 1.165) is 6.61 Å². The maximum absolute atomic E-state index is 5.19. The maximum Gasteiger partial charge on any atom is 0.157 e. The van der Waals surface area contributed by atoms with Crippen LogP contribution in [0.1, 0.15) is 6.23 Å². The Balaban J connectivity index is 2.23. The van der Waals surface area contributed by atoms with E-state index in [4.69, 9.17) is 4.74 Å². The average Bonchev–Trinajstić information content (AvgIpc) is 2.85. The smallest absolute Gasteiger partial charge is 0.157 e. The van der Waals surface area contributed by atoms with Crippen molar-refractivity contribution in [1.82, 2.24) is 4.57 Å². The van der Waals surface area contributed by atoms with Gasteiger partial charge in [-0.3, -0.25) is 0 Å². The van der Waals surface area contributed by atoms with Gasteiger partial charge in [-0.25, -0.2) is 0 Å². The first-order chi connectivity index (χ1) is 5.93. The number of benzene rings is 1. The van der Waals surface area contributed by atoms with Crippen LogP contribution in [0.2, 0.25) is 0 Å². The summed E-state index contributed by atoms with van der Waals surface area (Å²) in [5.41, 5.74) is 0. The molecule has 2 aromatic rings. The lowest BCUT2D eigenvalue weighted by Crippen LogP contribution is -1.87. The highest BCUT2D eigenvalue weighted by molar-refractivity contribution is 5.82. The minimum Gasteiger partial charge on any atom is -0.351 e. The molecule has 1 saturated heterocycles. The fraction of sp³-hybridized carbons (Fsp3) is 0.200. The minimum absolute atomic E-state index is 0.303. The number of hydrogen-bond donors (Lipinski definition) is 0. The zero-order chi connectivity index (χ0) is 7.97. The van der Waals surface area contributed by atoms with Gasteiger partial charge in [0, 0.05) is 12.4 Å². The Labute approximate surface area is 70.4 Å². The molecule has 2 nitrogen and oxygen atoms in total. The van der Waals surface area contributed by atoms with Crippen LogP contribution in [0.5, 0.6) is 0 Å². The van der Waals surface area contributed by atoms with Crippen molar-refractivity contribution in [3.63, 3.8) is 0 Å². The van der Waals surface area contributed by atoms with Gasteiger partial charge in [0.25, 0.3) is 0 Å². The van der Waals surface area contributed by atoms with E-state index >= 15 is 0 Å². The van der Waals surface area contributed by atoms with Crippen LogP contribution >= 0.6 is 0 Å². The summed E-state index contributed by atoms with van der Waals surface area (Å²) in [6, 6.07) is 8.35. The highest BCUT2D eigenvalue weighted by atomic mass is 16.6. The molecule has 0 amide bonds. The molecule has 12 heavy (non-hydrogen) atoms. The molecule has 0 saturated carbocycles. The maximum atomic E-state index is 5.19. The van der Waals surface area contributed by atoms with Crippen molar-refractivity contribution >= 4 is 10.8 Å². The van der Waals surface area contributed by atoms with Crippen molar-refractivity contribution in [2.75, 3.05) is 6.61 Å². The zero-order valence-electron chi connectivity index (χ0n) is 6.60. The Bertz CT molecular complexity index is 381. The van der Waals surface area contributed by atoms with E-state index in [1.54, 1.807) is 0 Å². The van der Waals surface area contributed by atoms with E-state index in [0.29, 0.717) is 6.23 Å². The number of aromatic nitrogens is 1. The summed E-state index contributed by atoms with van der Waals surface area (Å²) in [5.74, 6) is 0. The Morgan fingerprint density at radius 2 is 1.75 bits per heavy atom. The predicted octanol–water partition coefficient (Wildman–Crippen LogP) is 2.17. The van der Waals surface area contributed by atoms with Gasteiger partial charge in [-0.15, -0.1) is 0 Å². The van der Waals surface area contributed by atoms with E-state index in [1.807, 2.05) is 0 Å². The largest absolute Gasteiger partial charge is 0.351 e. The fourth-order valence-electron chi connectivity index (χ4n) is 1.49. The lowest BCUT2D eigenvalue weighted by molar-refractivity contribution is 0.355. The van der Waals surface area contributed by atoms with Gasteiger partial charge in [0.15, 0.2) is 6.23 Å². The van der Waals surface area contributed by atoms with Crippen LogP contribution in [-0.4, -0.2) is 11.2 Å². The quantitative estimate of drug-likeness (QED) is 0.583. The second kappa shape index (κ2) is 2.11. The van der Waals surface area contributed by atoms with Gasteiger partial charge in [-0.1, -0.05) is 24.3 Å². The van der Waals surface area contributed by atoms with Crippen LogP contribution in [0.3, 0.4) is 0 Å². The molecule has 1 aromatic carbocycles. The second-order valence-electron chi connectivity index (χ2n) is 3.12. The van der Waals surface area contributed by atoms with Crippen molar-refractivity contribution in [3.8, 4) is 0 Å². The summed E-state index contributed by atoms with van der Waals surface area (Å²) in [5, 5.41) is 2.57. The van der Waals surface area contributed by atoms with Crippen molar-refractivity contribution in [2.45, 2.75) is 6.23 Å². The van der Waals surface area contributed by atoms with Gasteiger partial charge in [-0.05, 0) is 10.8 Å². The van der Waals surface area contributed by atoms with Gasteiger partial charge in [0.2, 0.25) is 0 Å².